The molecule has 1 aliphatic carbocycles. The summed E-state index contributed by atoms with van der Waals surface area (Å²) in [6, 6.07) is 6.45. The third-order valence-corrected chi connectivity index (χ3v) is 3.89. The Labute approximate surface area is 118 Å². The minimum atomic E-state index is 0.156. The Balaban J connectivity index is 0.000000550. The number of hydrogen-bond donors (Lipinski definition) is 0. The van der Waals surface area contributed by atoms with Gasteiger partial charge >= 0.3 is 0 Å². The summed E-state index contributed by atoms with van der Waals surface area (Å²) in [4.78, 5) is 12.1. The predicted molar refractivity (Wildman–Crippen MR) is 82.6 cm³/mol. The smallest absolute Gasteiger partial charge is 0.143 e. The third kappa shape index (κ3) is 4.19. The number of rotatable bonds is 1. The van der Waals surface area contributed by atoms with Crippen molar-refractivity contribution in [2.75, 3.05) is 0 Å². The normalized spacial score (nSPS) is 22.7. The van der Waals surface area contributed by atoms with Gasteiger partial charge in [-0.1, -0.05) is 51.8 Å². The molecule has 2 unspecified atom stereocenters. The van der Waals surface area contributed by atoms with Gasteiger partial charge in [0.1, 0.15) is 5.78 Å². The van der Waals surface area contributed by atoms with Crippen LogP contribution < -0.4 is 0 Å². The van der Waals surface area contributed by atoms with Crippen molar-refractivity contribution in [1.82, 2.24) is 0 Å². The molecule has 106 valence electrons. The average molecular weight is 260 g/mol. The van der Waals surface area contributed by atoms with Gasteiger partial charge in [-0.25, -0.2) is 0 Å². The van der Waals surface area contributed by atoms with Crippen LogP contribution in [0.2, 0.25) is 0 Å². The number of carbonyl (C=O) groups is 1. The van der Waals surface area contributed by atoms with E-state index in [1.807, 2.05) is 0 Å². The van der Waals surface area contributed by atoms with Crippen LogP contribution in [0.3, 0.4) is 0 Å². The number of aryl methyl sites for hydroxylation is 2. The fourth-order valence-corrected chi connectivity index (χ4v) is 2.57. The lowest BCUT2D eigenvalue weighted by atomic mass is 9.77. The van der Waals surface area contributed by atoms with Gasteiger partial charge in [0.2, 0.25) is 0 Å². The largest absolute Gasteiger partial charge is 0.299 e. The van der Waals surface area contributed by atoms with E-state index in [9.17, 15) is 4.79 Å². The Kier molecular flexibility index (Phi) is 6.27. The van der Waals surface area contributed by atoms with Gasteiger partial charge in [0.05, 0.1) is 0 Å². The average Bonchev–Trinajstić information content (AvgIpc) is 2.37. The molecule has 0 radical (unpaired) electrons. The van der Waals surface area contributed by atoms with E-state index in [2.05, 4.69) is 52.8 Å². The zero-order valence-corrected chi connectivity index (χ0v) is 13.1. The highest BCUT2D eigenvalue weighted by Gasteiger charge is 2.29. The molecular formula is C18H28O. The second kappa shape index (κ2) is 7.47. The maximum atomic E-state index is 12.1. The lowest BCUT2D eigenvalue weighted by Gasteiger charge is -2.26. The summed E-state index contributed by atoms with van der Waals surface area (Å²) in [5, 5.41) is 0. The van der Waals surface area contributed by atoms with E-state index < -0.39 is 0 Å². The maximum absolute atomic E-state index is 12.1. The molecule has 0 N–H and O–H groups in total. The standard InChI is InChI=1S/C15H20O.C3H8/c1-10-7-8-13(9-12(10)3)14-6-4-5-11(2)15(14)16;1-3-2/h7-9,11,14H,4-6H2,1-3H3;3H2,1-2H3. The second-order valence-corrected chi connectivity index (χ2v) is 5.84. The lowest BCUT2D eigenvalue weighted by Crippen LogP contribution is -2.24. The van der Waals surface area contributed by atoms with Crippen molar-refractivity contribution in [3.63, 3.8) is 0 Å². The Morgan fingerprint density at radius 2 is 1.74 bits per heavy atom. The van der Waals surface area contributed by atoms with Crippen LogP contribution in [0, 0.1) is 19.8 Å². The van der Waals surface area contributed by atoms with Crippen molar-refractivity contribution in [1.29, 1.82) is 0 Å². The van der Waals surface area contributed by atoms with E-state index in [0.29, 0.717) is 5.78 Å². The van der Waals surface area contributed by atoms with Crippen LogP contribution in [0.15, 0.2) is 18.2 Å². The molecule has 1 saturated carbocycles. The zero-order valence-electron chi connectivity index (χ0n) is 13.1. The molecule has 19 heavy (non-hydrogen) atoms. The highest BCUT2D eigenvalue weighted by molar-refractivity contribution is 5.88. The van der Waals surface area contributed by atoms with Gasteiger partial charge in [0.15, 0.2) is 0 Å². The Hall–Kier alpha value is -1.11. The highest BCUT2D eigenvalue weighted by Crippen LogP contribution is 2.33. The van der Waals surface area contributed by atoms with Gasteiger partial charge in [-0.15, -0.1) is 0 Å². The summed E-state index contributed by atoms with van der Waals surface area (Å²) in [5.74, 6) is 0.845. The van der Waals surface area contributed by atoms with Gasteiger partial charge in [-0.2, -0.15) is 0 Å². The summed E-state index contributed by atoms with van der Waals surface area (Å²) in [7, 11) is 0. The van der Waals surface area contributed by atoms with E-state index in [0.717, 1.165) is 12.8 Å². The first kappa shape index (κ1) is 15.9. The molecule has 0 heterocycles. The van der Waals surface area contributed by atoms with Crippen molar-refractivity contribution in [2.45, 2.75) is 66.2 Å². The topological polar surface area (TPSA) is 17.1 Å². The van der Waals surface area contributed by atoms with Crippen molar-refractivity contribution in [3.05, 3.63) is 34.9 Å². The monoisotopic (exact) mass is 260 g/mol. The van der Waals surface area contributed by atoms with Gasteiger partial charge < -0.3 is 0 Å². The van der Waals surface area contributed by atoms with E-state index in [1.165, 1.54) is 29.5 Å². The molecule has 1 aromatic carbocycles. The number of hydrogen-bond acceptors (Lipinski definition) is 1. The molecule has 0 spiro atoms. The van der Waals surface area contributed by atoms with Crippen LogP contribution in [-0.4, -0.2) is 5.78 Å². The van der Waals surface area contributed by atoms with Crippen molar-refractivity contribution < 1.29 is 4.79 Å². The molecule has 1 aromatic rings. The molecule has 0 aromatic heterocycles. The Morgan fingerprint density at radius 1 is 1.11 bits per heavy atom. The number of ketones is 1. The van der Waals surface area contributed by atoms with E-state index in [1.54, 1.807) is 0 Å². The number of Topliss-reactive ketones (excluding diaryl/α,β-unsaturated/α-hetero) is 1. The fourth-order valence-electron chi connectivity index (χ4n) is 2.57. The van der Waals surface area contributed by atoms with Gasteiger partial charge in [-0.3, -0.25) is 4.79 Å². The number of benzene rings is 1. The van der Waals surface area contributed by atoms with Crippen molar-refractivity contribution in [3.8, 4) is 0 Å². The van der Waals surface area contributed by atoms with E-state index in [4.69, 9.17) is 0 Å². The SMILES string of the molecule is CCC.Cc1ccc(C2CCCC(C)C2=O)cc1C. The molecule has 1 aliphatic rings. The zero-order chi connectivity index (χ0) is 14.4. The quantitative estimate of drug-likeness (QED) is 0.679. The molecule has 1 heteroatoms. The van der Waals surface area contributed by atoms with Gasteiger partial charge in [0, 0.05) is 11.8 Å². The van der Waals surface area contributed by atoms with Crippen LogP contribution in [0.1, 0.15) is 69.1 Å². The molecule has 0 aliphatic heterocycles. The molecule has 1 nitrogen and oxygen atoms in total. The molecule has 0 saturated heterocycles. The summed E-state index contributed by atoms with van der Waals surface area (Å²) in [5.41, 5.74) is 3.82. The van der Waals surface area contributed by atoms with Crippen LogP contribution in [0.4, 0.5) is 0 Å². The van der Waals surface area contributed by atoms with Crippen LogP contribution in [0.25, 0.3) is 0 Å². The minimum Gasteiger partial charge on any atom is -0.299 e. The summed E-state index contributed by atoms with van der Waals surface area (Å²) < 4.78 is 0. The molecule has 0 amide bonds. The minimum absolute atomic E-state index is 0.156. The second-order valence-electron chi connectivity index (χ2n) is 5.84. The predicted octanol–water partition coefficient (Wildman–Crippen LogP) is 5.19. The van der Waals surface area contributed by atoms with Crippen molar-refractivity contribution >= 4 is 5.78 Å². The van der Waals surface area contributed by atoms with Crippen LogP contribution in [-0.2, 0) is 4.79 Å². The maximum Gasteiger partial charge on any atom is 0.143 e. The van der Waals surface area contributed by atoms with Gasteiger partial charge in [-0.05, 0) is 43.4 Å². The first-order valence-corrected chi connectivity index (χ1v) is 7.62. The first-order chi connectivity index (χ1) is 9.01. The molecule has 2 rings (SSSR count). The summed E-state index contributed by atoms with van der Waals surface area (Å²) in [6.07, 6.45) is 4.54. The molecule has 1 fully saturated rings. The fraction of sp³-hybridized carbons (Fsp3) is 0.611. The van der Waals surface area contributed by atoms with Gasteiger partial charge in [0.25, 0.3) is 0 Å². The lowest BCUT2D eigenvalue weighted by molar-refractivity contribution is -0.125. The van der Waals surface area contributed by atoms with Crippen LogP contribution >= 0.6 is 0 Å². The Morgan fingerprint density at radius 3 is 2.32 bits per heavy atom. The summed E-state index contributed by atoms with van der Waals surface area (Å²) >= 11 is 0. The first-order valence-electron chi connectivity index (χ1n) is 7.62. The number of carbonyl (C=O) groups excluding carboxylic acids is 1. The highest BCUT2D eigenvalue weighted by atomic mass is 16.1. The van der Waals surface area contributed by atoms with E-state index >= 15 is 0 Å². The summed E-state index contributed by atoms with van der Waals surface area (Å²) in [6.45, 7) is 10.6. The molecule has 2 atom stereocenters. The van der Waals surface area contributed by atoms with Crippen LogP contribution in [0.5, 0.6) is 0 Å². The molecule has 0 bridgehead atoms. The third-order valence-electron chi connectivity index (χ3n) is 3.89. The molecular weight excluding hydrogens is 232 g/mol. The Bertz CT molecular complexity index is 420. The van der Waals surface area contributed by atoms with Crippen molar-refractivity contribution in [2.24, 2.45) is 5.92 Å². The van der Waals surface area contributed by atoms with E-state index in [-0.39, 0.29) is 11.8 Å².